The number of alkyl halides is 3. The molecule has 0 saturated carbocycles. The van der Waals surface area contributed by atoms with Crippen molar-refractivity contribution in [2.24, 2.45) is 7.05 Å². The molecule has 0 atom stereocenters. The molecule has 1 N–H and O–H groups in total. The Hall–Kier alpha value is -3.17. The van der Waals surface area contributed by atoms with Crippen molar-refractivity contribution in [3.8, 4) is 0 Å². The molecule has 4 rings (SSSR count). The number of nitrogens with zero attached hydrogens (tertiary/aromatic N) is 6. The highest BCUT2D eigenvalue weighted by molar-refractivity contribution is 5.81. The van der Waals surface area contributed by atoms with E-state index in [1.165, 1.54) is 0 Å². The van der Waals surface area contributed by atoms with Gasteiger partial charge in [0.15, 0.2) is 11.5 Å². The van der Waals surface area contributed by atoms with Crippen LogP contribution in [0.3, 0.4) is 0 Å². The van der Waals surface area contributed by atoms with E-state index in [4.69, 9.17) is 0 Å². The fourth-order valence-corrected chi connectivity index (χ4v) is 2.96. The molecule has 0 unspecified atom stereocenters. The SMILES string of the molecule is Cc1c(Nc2ccc3c(c2)nc(C)n3C)nn2c(C(F)(F)F)nnc2c1C. The lowest BCUT2D eigenvalue weighted by atomic mass is 10.2. The van der Waals surface area contributed by atoms with E-state index >= 15 is 0 Å². The first-order valence-corrected chi connectivity index (χ1v) is 8.16. The Morgan fingerprint density at radius 3 is 2.48 bits per heavy atom. The van der Waals surface area contributed by atoms with Crippen molar-refractivity contribution in [1.82, 2.24) is 29.4 Å². The first kappa shape index (κ1) is 17.3. The van der Waals surface area contributed by atoms with Gasteiger partial charge in [0, 0.05) is 23.9 Å². The first-order chi connectivity index (χ1) is 12.7. The van der Waals surface area contributed by atoms with Gasteiger partial charge in [-0.05, 0) is 39.0 Å². The number of anilines is 2. The van der Waals surface area contributed by atoms with Crippen molar-refractivity contribution in [3.63, 3.8) is 0 Å². The molecular weight excluding hydrogens is 359 g/mol. The molecule has 10 heteroatoms. The van der Waals surface area contributed by atoms with Crippen molar-refractivity contribution >= 4 is 28.2 Å². The number of rotatable bonds is 2. The molecule has 140 valence electrons. The van der Waals surface area contributed by atoms with Crippen LogP contribution >= 0.6 is 0 Å². The third-order valence-corrected chi connectivity index (χ3v) is 4.71. The molecule has 1 aromatic carbocycles. The summed E-state index contributed by atoms with van der Waals surface area (Å²) in [4.78, 5) is 4.47. The van der Waals surface area contributed by atoms with Gasteiger partial charge in [-0.2, -0.15) is 17.7 Å². The first-order valence-electron chi connectivity index (χ1n) is 8.16. The average molecular weight is 375 g/mol. The van der Waals surface area contributed by atoms with E-state index in [1.807, 2.05) is 36.7 Å². The van der Waals surface area contributed by atoms with E-state index in [9.17, 15) is 13.2 Å². The summed E-state index contributed by atoms with van der Waals surface area (Å²) < 4.78 is 42.2. The van der Waals surface area contributed by atoms with Crippen LogP contribution in [-0.2, 0) is 13.2 Å². The lowest BCUT2D eigenvalue weighted by molar-refractivity contribution is -0.146. The number of aromatic nitrogens is 6. The maximum absolute atomic E-state index is 13.2. The van der Waals surface area contributed by atoms with E-state index in [1.54, 1.807) is 13.8 Å². The number of imidazole rings is 1. The summed E-state index contributed by atoms with van der Waals surface area (Å²) in [5.74, 6) is 0.0183. The zero-order valence-corrected chi connectivity index (χ0v) is 15.0. The Morgan fingerprint density at radius 1 is 1.04 bits per heavy atom. The van der Waals surface area contributed by atoms with Crippen LogP contribution in [0.2, 0.25) is 0 Å². The number of hydrogen-bond donors (Lipinski definition) is 1. The minimum absolute atomic E-state index is 0.0844. The zero-order valence-electron chi connectivity index (χ0n) is 15.0. The monoisotopic (exact) mass is 375 g/mol. The van der Waals surface area contributed by atoms with E-state index in [2.05, 4.69) is 25.6 Å². The maximum atomic E-state index is 13.2. The Balaban J connectivity index is 1.83. The van der Waals surface area contributed by atoms with Crippen molar-refractivity contribution in [2.75, 3.05) is 5.32 Å². The minimum Gasteiger partial charge on any atom is -0.338 e. The second-order valence-electron chi connectivity index (χ2n) is 6.40. The molecule has 0 radical (unpaired) electrons. The van der Waals surface area contributed by atoms with Crippen molar-refractivity contribution in [2.45, 2.75) is 26.9 Å². The molecule has 3 heterocycles. The topological polar surface area (TPSA) is 72.9 Å². The summed E-state index contributed by atoms with van der Waals surface area (Å²) in [5, 5.41) is 14.1. The summed E-state index contributed by atoms with van der Waals surface area (Å²) in [6.45, 7) is 5.37. The Labute approximate surface area is 151 Å². The molecule has 0 aliphatic heterocycles. The summed E-state index contributed by atoms with van der Waals surface area (Å²) in [6.07, 6.45) is -4.64. The molecule has 0 amide bonds. The number of benzene rings is 1. The third-order valence-electron chi connectivity index (χ3n) is 4.71. The number of nitrogens with one attached hydrogen (secondary N) is 1. The number of halogens is 3. The maximum Gasteiger partial charge on any atom is 0.453 e. The molecule has 0 spiro atoms. The van der Waals surface area contributed by atoms with Crippen LogP contribution in [0, 0.1) is 20.8 Å². The average Bonchev–Trinajstić information content (AvgIpc) is 3.14. The molecule has 27 heavy (non-hydrogen) atoms. The van der Waals surface area contributed by atoms with E-state index in [0.717, 1.165) is 21.4 Å². The highest BCUT2D eigenvalue weighted by atomic mass is 19.4. The van der Waals surface area contributed by atoms with Crippen molar-refractivity contribution in [1.29, 1.82) is 0 Å². The van der Waals surface area contributed by atoms with Crippen LogP contribution in [-0.4, -0.2) is 29.4 Å². The van der Waals surface area contributed by atoms with Crippen LogP contribution in [0.5, 0.6) is 0 Å². The van der Waals surface area contributed by atoms with Gasteiger partial charge in [0.1, 0.15) is 5.82 Å². The van der Waals surface area contributed by atoms with Gasteiger partial charge in [0.05, 0.1) is 11.0 Å². The van der Waals surface area contributed by atoms with Crippen LogP contribution in [0.1, 0.15) is 22.8 Å². The second kappa shape index (κ2) is 5.66. The van der Waals surface area contributed by atoms with Crippen molar-refractivity contribution < 1.29 is 13.2 Å². The molecule has 3 aromatic heterocycles. The van der Waals surface area contributed by atoms with E-state index in [0.29, 0.717) is 22.6 Å². The quantitative estimate of drug-likeness (QED) is 0.578. The van der Waals surface area contributed by atoms with Gasteiger partial charge in [0.25, 0.3) is 5.82 Å². The smallest absolute Gasteiger partial charge is 0.338 e. The molecule has 7 nitrogen and oxygen atoms in total. The fraction of sp³-hybridized carbons (Fsp3) is 0.294. The summed E-state index contributed by atoms with van der Waals surface area (Å²) in [6, 6.07) is 5.57. The molecular formula is C17H16F3N7. The Kier molecular flexibility index (Phi) is 3.62. The van der Waals surface area contributed by atoms with Crippen LogP contribution in [0.15, 0.2) is 18.2 Å². The number of hydrogen-bond acceptors (Lipinski definition) is 5. The predicted molar refractivity (Wildman–Crippen MR) is 94.0 cm³/mol. The summed E-state index contributed by atoms with van der Waals surface area (Å²) in [5.41, 5.74) is 3.78. The molecule has 0 saturated heterocycles. The van der Waals surface area contributed by atoms with Gasteiger partial charge in [-0.15, -0.1) is 15.3 Å². The second-order valence-corrected chi connectivity index (χ2v) is 6.40. The van der Waals surface area contributed by atoms with Crippen LogP contribution in [0.25, 0.3) is 16.7 Å². The fourth-order valence-electron chi connectivity index (χ4n) is 2.96. The predicted octanol–water partition coefficient (Wildman–Crippen LogP) is 3.70. The number of aryl methyl sites for hydroxylation is 3. The van der Waals surface area contributed by atoms with Gasteiger partial charge < -0.3 is 9.88 Å². The Morgan fingerprint density at radius 2 is 1.78 bits per heavy atom. The third kappa shape index (κ3) is 2.68. The lowest BCUT2D eigenvalue weighted by Crippen LogP contribution is -2.14. The van der Waals surface area contributed by atoms with Gasteiger partial charge in [0.2, 0.25) is 0 Å². The Bertz CT molecular complexity index is 1190. The normalized spacial score (nSPS) is 12.3. The van der Waals surface area contributed by atoms with Gasteiger partial charge in [-0.25, -0.2) is 4.98 Å². The molecule has 0 aliphatic rings. The van der Waals surface area contributed by atoms with Gasteiger partial charge in [-0.1, -0.05) is 0 Å². The highest BCUT2D eigenvalue weighted by Gasteiger charge is 2.38. The van der Waals surface area contributed by atoms with E-state index in [-0.39, 0.29) is 5.65 Å². The van der Waals surface area contributed by atoms with Crippen molar-refractivity contribution in [3.05, 3.63) is 41.0 Å². The van der Waals surface area contributed by atoms with Crippen LogP contribution in [0.4, 0.5) is 24.7 Å². The zero-order chi connectivity index (χ0) is 19.5. The molecule has 0 bridgehead atoms. The standard InChI is InChI=1S/C17H16F3N7/c1-8-9(2)15-23-24-16(17(18,19)20)27(15)25-14(8)22-11-5-6-13-12(7-11)21-10(3)26(13)4/h5-7H,1-4H3,(H,22,25). The van der Waals surface area contributed by atoms with Gasteiger partial charge >= 0.3 is 6.18 Å². The highest BCUT2D eigenvalue weighted by Crippen LogP contribution is 2.30. The largest absolute Gasteiger partial charge is 0.453 e. The van der Waals surface area contributed by atoms with Gasteiger partial charge in [-0.3, -0.25) is 0 Å². The summed E-state index contributed by atoms with van der Waals surface area (Å²) >= 11 is 0. The minimum atomic E-state index is -4.64. The summed E-state index contributed by atoms with van der Waals surface area (Å²) in [7, 11) is 1.92. The molecule has 4 aromatic rings. The molecule has 0 fully saturated rings. The number of fused-ring (bicyclic) bond motifs is 2. The van der Waals surface area contributed by atoms with E-state index < -0.39 is 12.0 Å². The van der Waals surface area contributed by atoms with Crippen LogP contribution < -0.4 is 5.32 Å². The lowest BCUT2D eigenvalue weighted by Gasteiger charge is -2.12. The molecule has 0 aliphatic carbocycles.